The van der Waals surface area contributed by atoms with Gasteiger partial charge in [0.2, 0.25) is 11.9 Å². The van der Waals surface area contributed by atoms with Gasteiger partial charge in [0.15, 0.2) is 22.8 Å². The number of amides is 3. The molecule has 1 aliphatic rings. The molecule has 6 aromatic rings. The average molecular weight is 736 g/mol. The Hall–Kier alpha value is -6.63. The third-order valence-electron chi connectivity index (χ3n) is 9.18. The Kier molecular flexibility index (Phi) is 10.3. The molecule has 9 N–H and O–H groups in total. The number of benzene rings is 2. The Morgan fingerprint density at radius 3 is 2.26 bits per heavy atom. The van der Waals surface area contributed by atoms with Gasteiger partial charge in [0.05, 0.1) is 36.8 Å². The number of phenolic OH excluding ortho intramolecular Hbond substituents is 2. The van der Waals surface area contributed by atoms with Crippen LogP contribution in [0.5, 0.6) is 11.5 Å². The minimum atomic E-state index is -1.33. The fourth-order valence-corrected chi connectivity index (χ4v) is 6.44. The molecule has 3 amide bonds. The number of pyridine rings is 1. The molecule has 0 unspecified atom stereocenters. The highest BCUT2D eigenvalue weighted by Crippen LogP contribution is 2.35. The maximum atomic E-state index is 12.6. The second-order valence-corrected chi connectivity index (χ2v) is 12.7. The predicted octanol–water partition coefficient (Wildman–Crippen LogP) is 1.53. The summed E-state index contributed by atoms with van der Waals surface area (Å²) in [7, 11) is 0. The number of hydrogen-bond donors (Lipinski definition) is 9. The van der Waals surface area contributed by atoms with Crippen LogP contribution in [0.3, 0.4) is 0 Å². The van der Waals surface area contributed by atoms with Crippen LogP contribution in [0.25, 0.3) is 17.1 Å². The zero-order chi connectivity index (χ0) is 37.8. The van der Waals surface area contributed by atoms with Crippen molar-refractivity contribution in [1.29, 1.82) is 0 Å². The van der Waals surface area contributed by atoms with E-state index in [-0.39, 0.29) is 54.3 Å². The Morgan fingerprint density at radius 2 is 1.59 bits per heavy atom. The number of hydrogen-bond acceptors (Lipinski definition) is 13. The van der Waals surface area contributed by atoms with Crippen LogP contribution in [-0.2, 0) is 11.3 Å². The van der Waals surface area contributed by atoms with E-state index in [1.165, 1.54) is 23.4 Å². The van der Waals surface area contributed by atoms with E-state index >= 15 is 0 Å². The molecule has 0 radical (unpaired) electrons. The number of phenols is 2. The van der Waals surface area contributed by atoms with E-state index in [1.54, 1.807) is 71.4 Å². The number of fused-ring (bicyclic) bond motifs is 1. The number of aromatic nitrogens is 7. The first-order valence-electron chi connectivity index (χ1n) is 17.0. The molecule has 1 saturated carbocycles. The molecule has 2 aromatic carbocycles. The maximum Gasteiger partial charge on any atom is 0.320 e. The van der Waals surface area contributed by atoms with Crippen molar-refractivity contribution in [3.05, 3.63) is 109 Å². The second kappa shape index (κ2) is 15.5. The first-order valence-corrected chi connectivity index (χ1v) is 17.0. The molecule has 4 heterocycles. The van der Waals surface area contributed by atoms with Crippen molar-refractivity contribution in [1.82, 2.24) is 44.7 Å². The smallest absolute Gasteiger partial charge is 0.320 e. The molecule has 278 valence electrons. The summed E-state index contributed by atoms with van der Waals surface area (Å²) >= 11 is 0. The second-order valence-electron chi connectivity index (χ2n) is 12.7. The van der Waals surface area contributed by atoms with Gasteiger partial charge in [-0.15, -0.1) is 0 Å². The van der Waals surface area contributed by atoms with E-state index in [1.807, 2.05) is 6.07 Å². The first-order chi connectivity index (χ1) is 26.2. The maximum absolute atomic E-state index is 12.6. The number of rotatable bonds is 12. The lowest BCUT2D eigenvalue weighted by atomic mass is 9.91. The van der Waals surface area contributed by atoms with Gasteiger partial charge in [-0.1, -0.05) is 30.3 Å². The molecule has 18 nitrogen and oxygen atoms in total. The zero-order valence-electron chi connectivity index (χ0n) is 28.6. The largest absolute Gasteiger partial charge is 0.508 e. The molecule has 0 bridgehead atoms. The molecule has 54 heavy (non-hydrogen) atoms. The minimum Gasteiger partial charge on any atom is -0.508 e. The van der Waals surface area contributed by atoms with Crippen molar-refractivity contribution >= 4 is 34.7 Å². The summed E-state index contributed by atoms with van der Waals surface area (Å²) in [5, 5.41) is 62.4. The SMILES string of the molecule is O=C(CO)N[C@H]1C[C@@H](n2cnc3c(NCC(c4ccc(O)cc4)c4ccc(O)cc4)nc(-n4cnc(NC(=O)NCc5ccccn5)c4)nc32)[C@H](O)[C@@H]1O. The van der Waals surface area contributed by atoms with Crippen LogP contribution in [0, 0.1) is 0 Å². The Labute approximate surface area is 307 Å². The van der Waals surface area contributed by atoms with E-state index < -0.39 is 42.8 Å². The van der Waals surface area contributed by atoms with Gasteiger partial charge in [-0.2, -0.15) is 9.97 Å². The van der Waals surface area contributed by atoms with Gasteiger partial charge in [0.1, 0.15) is 36.6 Å². The lowest BCUT2D eigenvalue weighted by molar-refractivity contribution is -0.125. The van der Waals surface area contributed by atoms with Crippen molar-refractivity contribution in [2.45, 2.75) is 43.2 Å². The monoisotopic (exact) mass is 735 g/mol. The van der Waals surface area contributed by atoms with Crippen molar-refractivity contribution < 1.29 is 35.1 Å². The number of carbonyl (C=O) groups excluding carboxylic acids is 2. The summed E-state index contributed by atoms with van der Waals surface area (Å²) in [6, 6.07) is 16.8. The molecule has 7 rings (SSSR count). The Morgan fingerprint density at radius 1 is 0.870 bits per heavy atom. The molecule has 0 aliphatic heterocycles. The van der Waals surface area contributed by atoms with Crippen LogP contribution in [0.4, 0.5) is 16.4 Å². The van der Waals surface area contributed by atoms with E-state index in [0.29, 0.717) is 17.0 Å². The summed E-state index contributed by atoms with van der Waals surface area (Å²) in [6.07, 6.45) is 3.51. The Bertz CT molecular complexity index is 2180. The summed E-state index contributed by atoms with van der Waals surface area (Å²) in [4.78, 5) is 47.2. The summed E-state index contributed by atoms with van der Waals surface area (Å²) in [6.45, 7) is -0.290. The summed E-state index contributed by atoms with van der Waals surface area (Å²) in [5.41, 5.74) is 3.04. The summed E-state index contributed by atoms with van der Waals surface area (Å²) in [5.74, 6) is -0.0988. The van der Waals surface area contributed by atoms with Crippen LogP contribution in [0.1, 0.15) is 35.2 Å². The number of urea groups is 1. The van der Waals surface area contributed by atoms with E-state index in [0.717, 1.165) is 11.1 Å². The number of nitrogens with zero attached hydrogens (tertiary/aromatic N) is 7. The van der Waals surface area contributed by atoms with Crippen LogP contribution >= 0.6 is 0 Å². The summed E-state index contributed by atoms with van der Waals surface area (Å²) < 4.78 is 3.10. The van der Waals surface area contributed by atoms with Gasteiger partial charge >= 0.3 is 6.03 Å². The highest BCUT2D eigenvalue weighted by Gasteiger charge is 2.44. The van der Waals surface area contributed by atoms with Gasteiger partial charge in [-0.05, 0) is 53.9 Å². The molecule has 1 fully saturated rings. The zero-order valence-corrected chi connectivity index (χ0v) is 28.6. The normalized spacial score (nSPS) is 18.1. The number of carbonyl (C=O) groups is 2. The van der Waals surface area contributed by atoms with Gasteiger partial charge in [0.25, 0.3) is 0 Å². The van der Waals surface area contributed by atoms with E-state index in [9.17, 15) is 35.1 Å². The number of imidazole rings is 2. The quantitative estimate of drug-likeness (QED) is 0.0865. The molecule has 0 spiro atoms. The standard InChI is InChI=1S/C36H37N11O7/c48-17-29(51)42-26-13-27(32(53)31(26)52)47-19-41-30-33(38-15-25(20-4-8-23(49)9-5-20)21-6-10-24(50)11-7-21)44-35(45-34(30)47)46-16-28(40-18-46)43-36(54)39-14-22-3-1-2-12-37-22/h1-12,16,18-19,25-27,31-32,48-50,52-53H,13-15,17H2,(H,42,51)(H,38,44,45)(H2,39,43,54)/t26-,27+,31+,32-/m0/s1. The third-order valence-corrected chi connectivity index (χ3v) is 9.18. The Balaban J connectivity index is 1.22. The average Bonchev–Trinajstić information content (AvgIpc) is 3.90. The van der Waals surface area contributed by atoms with Crippen LogP contribution < -0.4 is 21.3 Å². The van der Waals surface area contributed by atoms with Gasteiger partial charge in [-0.3, -0.25) is 19.7 Å². The molecule has 4 atom stereocenters. The number of aromatic hydroxyl groups is 2. The predicted molar refractivity (Wildman–Crippen MR) is 194 cm³/mol. The first kappa shape index (κ1) is 35.8. The van der Waals surface area contributed by atoms with Crippen LogP contribution in [0.2, 0.25) is 0 Å². The molecular weight excluding hydrogens is 698 g/mol. The van der Waals surface area contributed by atoms with E-state index in [2.05, 4.69) is 36.2 Å². The van der Waals surface area contributed by atoms with Crippen LogP contribution in [0.15, 0.2) is 91.8 Å². The van der Waals surface area contributed by atoms with Gasteiger partial charge in [-0.25, -0.2) is 14.8 Å². The molecule has 1 aliphatic carbocycles. The van der Waals surface area contributed by atoms with E-state index in [4.69, 9.17) is 9.97 Å². The minimum absolute atomic E-state index is 0.109. The lowest BCUT2D eigenvalue weighted by Gasteiger charge is -2.20. The van der Waals surface area contributed by atoms with Crippen molar-refractivity contribution in [3.63, 3.8) is 0 Å². The van der Waals surface area contributed by atoms with Crippen LogP contribution in [-0.4, -0.2) is 103 Å². The molecular formula is C36H37N11O7. The number of nitrogens with one attached hydrogen (secondary N) is 4. The van der Waals surface area contributed by atoms with Crippen molar-refractivity contribution in [2.24, 2.45) is 0 Å². The number of anilines is 2. The van der Waals surface area contributed by atoms with Gasteiger partial charge in [0, 0.05) is 18.7 Å². The number of aliphatic hydroxyl groups is 3. The highest BCUT2D eigenvalue weighted by molar-refractivity contribution is 5.88. The third kappa shape index (κ3) is 7.75. The van der Waals surface area contributed by atoms with Gasteiger partial charge < -0.3 is 46.1 Å². The van der Waals surface area contributed by atoms with Crippen molar-refractivity contribution in [3.8, 4) is 17.4 Å². The lowest BCUT2D eigenvalue weighted by Crippen LogP contribution is -2.44. The molecule has 4 aromatic heterocycles. The fourth-order valence-electron chi connectivity index (χ4n) is 6.44. The molecule has 18 heteroatoms. The highest BCUT2D eigenvalue weighted by atomic mass is 16.3. The fraction of sp³-hybridized carbons (Fsp3) is 0.250. The van der Waals surface area contributed by atoms with Crippen molar-refractivity contribution in [2.75, 3.05) is 23.8 Å². The topological polar surface area (TPSA) is 258 Å². The molecule has 0 saturated heterocycles. The number of aliphatic hydroxyl groups excluding tert-OH is 3.